The first-order valence-corrected chi connectivity index (χ1v) is 9.40. The molecule has 0 bridgehead atoms. The number of carbonyl (C=O) groups is 2. The van der Waals surface area contributed by atoms with E-state index >= 15 is 0 Å². The lowest BCUT2D eigenvalue weighted by Gasteiger charge is -2.13. The summed E-state index contributed by atoms with van der Waals surface area (Å²) in [6.07, 6.45) is 0. The third-order valence-corrected chi connectivity index (χ3v) is 4.92. The van der Waals surface area contributed by atoms with Gasteiger partial charge in [-0.05, 0) is 53.4 Å². The molecule has 0 unspecified atom stereocenters. The van der Waals surface area contributed by atoms with Crippen molar-refractivity contribution >= 4 is 34.5 Å². The number of benzene rings is 2. The summed E-state index contributed by atoms with van der Waals surface area (Å²) in [6.45, 7) is 0.462. The molecule has 2 N–H and O–H groups in total. The molecule has 2 aromatic carbocycles. The largest absolute Gasteiger partial charge is 0.378 e. The molecule has 0 radical (unpaired) electrons. The Kier molecular flexibility index (Phi) is 5.88. The standard InChI is InChI=1S/C21H21N3O2S/c1-24(2)18-11-5-15(6-12-18)14-22-20(25)16-7-9-17(10-8-16)23-21(26)19-4-3-13-27-19/h3-13H,14H2,1-2H3,(H,22,25)(H,23,26). The Labute approximate surface area is 162 Å². The molecule has 27 heavy (non-hydrogen) atoms. The zero-order chi connectivity index (χ0) is 19.2. The molecule has 5 nitrogen and oxygen atoms in total. The molecule has 0 aliphatic rings. The summed E-state index contributed by atoms with van der Waals surface area (Å²) in [5, 5.41) is 7.58. The summed E-state index contributed by atoms with van der Waals surface area (Å²) in [5.41, 5.74) is 3.36. The lowest BCUT2D eigenvalue weighted by Crippen LogP contribution is -2.22. The van der Waals surface area contributed by atoms with Crippen molar-refractivity contribution < 1.29 is 9.59 Å². The first-order valence-electron chi connectivity index (χ1n) is 8.52. The van der Waals surface area contributed by atoms with Crippen LogP contribution in [0.2, 0.25) is 0 Å². The van der Waals surface area contributed by atoms with Gasteiger partial charge in [-0.25, -0.2) is 0 Å². The molecule has 3 rings (SSSR count). The van der Waals surface area contributed by atoms with E-state index in [-0.39, 0.29) is 11.8 Å². The maximum Gasteiger partial charge on any atom is 0.265 e. The Morgan fingerprint density at radius 2 is 1.63 bits per heavy atom. The number of carbonyl (C=O) groups excluding carboxylic acids is 2. The third-order valence-electron chi connectivity index (χ3n) is 4.06. The smallest absolute Gasteiger partial charge is 0.265 e. The van der Waals surface area contributed by atoms with Crippen LogP contribution in [-0.2, 0) is 6.54 Å². The van der Waals surface area contributed by atoms with Gasteiger partial charge in [0, 0.05) is 37.6 Å². The minimum atomic E-state index is -0.150. The quantitative estimate of drug-likeness (QED) is 0.681. The van der Waals surface area contributed by atoms with Crippen molar-refractivity contribution in [2.24, 2.45) is 0 Å². The first kappa shape index (κ1) is 18.7. The first-order chi connectivity index (χ1) is 13.0. The average molecular weight is 379 g/mol. The highest BCUT2D eigenvalue weighted by Gasteiger charge is 2.09. The fourth-order valence-corrected chi connectivity index (χ4v) is 3.12. The van der Waals surface area contributed by atoms with E-state index in [4.69, 9.17) is 0 Å². The van der Waals surface area contributed by atoms with Gasteiger partial charge in [0.05, 0.1) is 4.88 Å². The van der Waals surface area contributed by atoms with E-state index in [2.05, 4.69) is 10.6 Å². The van der Waals surface area contributed by atoms with Gasteiger partial charge in [0.25, 0.3) is 11.8 Å². The lowest BCUT2D eigenvalue weighted by molar-refractivity contribution is 0.0950. The van der Waals surface area contributed by atoms with Gasteiger partial charge in [-0.1, -0.05) is 18.2 Å². The molecule has 2 amide bonds. The van der Waals surface area contributed by atoms with E-state index in [9.17, 15) is 9.59 Å². The zero-order valence-corrected chi connectivity index (χ0v) is 16.0. The minimum Gasteiger partial charge on any atom is -0.378 e. The van der Waals surface area contributed by atoms with Gasteiger partial charge in [-0.2, -0.15) is 0 Å². The van der Waals surface area contributed by atoms with Crippen LogP contribution < -0.4 is 15.5 Å². The van der Waals surface area contributed by atoms with Crippen LogP contribution >= 0.6 is 11.3 Å². The third kappa shape index (κ3) is 4.95. The number of hydrogen-bond donors (Lipinski definition) is 2. The molecule has 0 atom stereocenters. The Balaban J connectivity index is 1.55. The van der Waals surface area contributed by atoms with Crippen molar-refractivity contribution in [1.82, 2.24) is 5.32 Å². The Bertz CT molecular complexity index is 902. The molecule has 0 saturated carbocycles. The molecule has 3 aromatic rings. The van der Waals surface area contributed by atoms with Gasteiger partial charge in [0.15, 0.2) is 0 Å². The van der Waals surface area contributed by atoms with E-state index in [1.807, 2.05) is 54.7 Å². The highest BCUT2D eigenvalue weighted by Crippen LogP contribution is 2.15. The van der Waals surface area contributed by atoms with Crippen LogP contribution in [0.5, 0.6) is 0 Å². The lowest BCUT2D eigenvalue weighted by atomic mass is 10.1. The van der Waals surface area contributed by atoms with E-state index < -0.39 is 0 Å². The molecule has 138 valence electrons. The molecule has 0 aliphatic carbocycles. The summed E-state index contributed by atoms with van der Waals surface area (Å²) < 4.78 is 0. The fraction of sp³-hybridized carbons (Fsp3) is 0.143. The Morgan fingerprint density at radius 1 is 0.926 bits per heavy atom. The summed E-state index contributed by atoms with van der Waals surface area (Å²) in [6, 6.07) is 18.5. The van der Waals surface area contributed by atoms with Crippen LogP contribution in [0.1, 0.15) is 25.6 Å². The highest BCUT2D eigenvalue weighted by atomic mass is 32.1. The van der Waals surface area contributed by atoms with Crippen molar-refractivity contribution in [2.75, 3.05) is 24.3 Å². The van der Waals surface area contributed by atoms with E-state index in [1.165, 1.54) is 11.3 Å². The highest BCUT2D eigenvalue weighted by molar-refractivity contribution is 7.12. The molecular weight excluding hydrogens is 358 g/mol. The van der Waals surface area contributed by atoms with E-state index in [1.54, 1.807) is 30.3 Å². The van der Waals surface area contributed by atoms with Crippen molar-refractivity contribution in [1.29, 1.82) is 0 Å². The number of amides is 2. The molecule has 6 heteroatoms. The van der Waals surface area contributed by atoms with Gasteiger partial charge in [0.1, 0.15) is 0 Å². The molecule has 1 aromatic heterocycles. The SMILES string of the molecule is CN(C)c1ccc(CNC(=O)c2ccc(NC(=O)c3cccs3)cc2)cc1. The molecule has 0 spiro atoms. The van der Waals surface area contributed by atoms with Crippen molar-refractivity contribution in [3.05, 3.63) is 82.0 Å². The monoisotopic (exact) mass is 379 g/mol. The number of hydrogen-bond acceptors (Lipinski definition) is 4. The molecule has 0 fully saturated rings. The maximum absolute atomic E-state index is 12.3. The number of nitrogens with one attached hydrogen (secondary N) is 2. The van der Waals surface area contributed by atoms with E-state index in [0.717, 1.165) is 11.3 Å². The minimum absolute atomic E-state index is 0.150. The second kappa shape index (κ2) is 8.51. The normalized spacial score (nSPS) is 10.3. The molecule has 1 heterocycles. The van der Waals surface area contributed by atoms with Crippen LogP contribution in [0.15, 0.2) is 66.0 Å². The number of thiophene rings is 1. The van der Waals surface area contributed by atoms with Gasteiger partial charge in [-0.15, -0.1) is 11.3 Å². The van der Waals surface area contributed by atoms with E-state index in [0.29, 0.717) is 22.7 Å². The predicted octanol–water partition coefficient (Wildman–Crippen LogP) is 4.00. The van der Waals surface area contributed by atoms with Crippen LogP contribution in [0.3, 0.4) is 0 Å². The second-order valence-electron chi connectivity index (χ2n) is 6.25. The number of anilines is 2. The molecular formula is C21H21N3O2S. The van der Waals surface area contributed by atoms with Crippen molar-refractivity contribution in [3.8, 4) is 0 Å². The zero-order valence-electron chi connectivity index (χ0n) is 15.2. The summed E-state index contributed by atoms with van der Waals surface area (Å²) in [4.78, 5) is 27.0. The van der Waals surface area contributed by atoms with Gasteiger partial charge in [-0.3, -0.25) is 9.59 Å². The summed E-state index contributed by atoms with van der Waals surface area (Å²) in [7, 11) is 3.98. The van der Waals surface area contributed by atoms with Crippen LogP contribution in [0.4, 0.5) is 11.4 Å². The maximum atomic E-state index is 12.3. The average Bonchev–Trinajstić information content (AvgIpc) is 3.22. The number of nitrogens with zero attached hydrogens (tertiary/aromatic N) is 1. The number of rotatable bonds is 6. The van der Waals surface area contributed by atoms with Crippen LogP contribution in [-0.4, -0.2) is 25.9 Å². The summed E-state index contributed by atoms with van der Waals surface area (Å²) >= 11 is 1.39. The Hall–Kier alpha value is -3.12. The Morgan fingerprint density at radius 3 is 2.22 bits per heavy atom. The van der Waals surface area contributed by atoms with Gasteiger partial charge >= 0.3 is 0 Å². The summed E-state index contributed by atoms with van der Waals surface area (Å²) in [5.74, 6) is -0.300. The van der Waals surface area contributed by atoms with Gasteiger partial charge in [0.2, 0.25) is 0 Å². The fourth-order valence-electron chi connectivity index (χ4n) is 2.50. The molecule has 0 aliphatic heterocycles. The second-order valence-corrected chi connectivity index (χ2v) is 7.20. The van der Waals surface area contributed by atoms with Crippen LogP contribution in [0.25, 0.3) is 0 Å². The topological polar surface area (TPSA) is 61.4 Å². The predicted molar refractivity (Wildman–Crippen MR) is 111 cm³/mol. The van der Waals surface area contributed by atoms with Crippen LogP contribution in [0, 0.1) is 0 Å². The van der Waals surface area contributed by atoms with Crippen molar-refractivity contribution in [2.45, 2.75) is 6.54 Å². The molecule has 0 saturated heterocycles. The van der Waals surface area contributed by atoms with Crippen molar-refractivity contribution in [3.63, 3.8) is 0 Å². The van der Waals surface area contributed by atoms with Gasteiger partial charge < -0.3 is 15.5 Å².